The van der Waals surface area contributed by atoms with Crippen molar-refractivity contribution in [2.45, 2.75) is 71.4 Å². The fourth-order valence-corrected chi connectivity index (χ4v) is 3.87. The van der Waals surface area contributed by atoms with E-state index in [4.69, 9.17) is 4.74 Å². The van der Waals surface area contributed by atoms with Gasteiger partial charge in [0.05, 0.1) is 0 Å². The molecule has 0 aliphatic heterocycles. The van der Waals surface area contributed by atoms with Crippen LogP contribution in [0.4, 0.5) is 4.79 Å². The lowest BCUT2D eigenvalue weighted by molar-refractivity contribution is -0.127. The average Bonchev–Trinajstić information content (AvgIpc) is 2.88. The van der Waals surface area contributed by atoms with Crippen molar-refractivity contribution in [2.75, 3.05) is 0 Å². The maximum absolute atomic E-state index is 12.3. The first-order chi connectivity index (χ1) is 11.9. The highest BCUT2D eigenvalue weighted by Gasteiger charge is 2.23. The van der Waals surface area contributed by atoms with Crippen LogP contribution in [0.2, 0.25) is 0 Å². The number of hydrogen-bond acceptors (Lipinski definition) is 5. The van der Waals surface area contributed by atoms with E-state index in [2.05, 4.69) is 10.6 Å². The van der Waals surface area contributed by atoms with Gasteiger partial charge in [-0.1, -0.05) is 12.8 Å². The van der Waals surface area contributed by atoms with Gasteiger partial charge in [0, 0.05) is 10.9 Å². The molecule has 0 saturated carbocycles. The molecule has 7 heteroatoms. The fourth-order valence-electron chi connectivity index (χ4n) is 2.73. The maximum Gasteiger partial charge on any atom is 0.349 e. The number of thiophene rings is 1. The summed E-state index contributed by atoms with van der Waals surface area (Å²) < 4.78 is 5.22. The molecule has 1 heterocycles. The number of aryl methyl sites for hydroxylation is 2. The van der Waals surface area contributed by atoms with E-state index in [-0.39, 0.29) is 6.04 Å². The summed E-state index contributed by atoms with van der Waals surface area (Å²) in [7, 11) is 0. The summed E-state index contributed by atoms with van der Waals surface area (Å²) in [5.74, 6) is -1.15. The molecule has 138 valence electrons. The molecule has 0 saturated heterocycles. The highest BCUT2D eigenvalue weighted by atomic mass is 32.1. The van der Waals surface area contributed by atoms with Crippen LogP contribution in [0, 0.1) is 0 Å². The molecule has 25 heavy (non-hydrogen) atoms. The van der Waals surface area contributed by atoms with Gasteiger partial charge < -0.3 is 10.1 Å². The van der Waals surface area contributed by atoms with Gasteiger partial charge in [-0.25, -0.2) is 9.59 Å². The Labute approximate surface area is 152 Å². The minimum absolute atomic E-state index is 0.0868. The summed E-state index contributed by atoms with van der Waals surface area (Å²) >= 11 is 1.46. The van der Waals surface area contributed by atoms with E-state index in [1.165, 1.54) is 41.5 Å². The third kappa shape index (κ3) is 5.85. The Balaban J connectivity index is 1.93. The van der Waals surface area contributed by atoms with Crippen molar-refractivity contribution in [1.29, 1.82) is 0 Å². The molecule has 0 spiro atoms. The zero-order valence-electron chi connectivity index (χ0n) is 15.0. The number of urea groups is 1. The van der Waals surface area contributed by atoms with E-state index >= 15 is 0 Å². The SMILES string of the molecule is CC(C)NC(=O)NC(=O)[C@@H](C)OC(=O)c1cc2c(s1)CCCCCC2. The third-order valence-corrected chi connectivity index (χ3v) is 5.22. The summed E-state index contributed by atoms with van der Waals surface area (Å²) in [5.41, 5.74) is 1.23. The minimum Gasteiger partial charge on any atom is -0.448 e. The third-order valence-electron chi connectivity index (χ3n) is 4.01. The standard InChI is InChI=1S/C18H26N2O4S/c1-11(2)19-18(23)20-16(21)12(3)24-17(22)15-10-13-8-6-4-5-7-9-14(13)25-15/h10-12H,4-9H2,1-3H3,(H2,19,20,21,23)/t12-/m1/s1. The number of carbonyl (C=O) groups is 3. The number of imide groups is 1. The van der Waals surface area contributed by atoms with E-state index in [9.17, 15) is 14.4 Å². The van der Waals surface area contributed by atoms with Crippen molar-refractivity contribution in [2.24, 2.45) is 0 Å². The number of carbonyl (C=O) groups excluding carboxylic acids is 3. The monoisotopic (exact) mass is 366 g/mol. The van der Waals surface area contributed by atoms with Gasteiger partial charge in [0.15, 0.2) is 6.10 Å². The average molecular weight is 366 g/mol. The normalized spacial score (nSPS) is 15.5. The first-order valence-corrected chi connectivity index (χ1v) is 9.62. The van der Waals surface area contributed by atoms with E-state index < -0.39 is 24.0 Å². The Kier molecular flexibility index (Phi) is 6.99. The van der Waals surface area contributed by atoms with E-state index in [0.717, 1.165) is 25.7 Å². The number of amides is 3. The summed E-state index contributed by atoms with van der Waals surface area (Å²) in [5, 5.41) is 4.72. The smallest absolute Gasteiger partial charge is 0.349 e. The van der Waals surface area contributed by atoms with Crippen LogP contribution in [-0.2, 0) is 22.4 Å². The van der Waals surface area contributed by atoms with Gasteiger partial charge in [0.2, 0.25) is 0 Å². The Morgan fingerprint density at radius 3 is 2.44 bits per heavy atom. The number of nitrogens with one attached hydrogen (secondary N) is 2. The Hall–Kier alpha value is -1.89. The minimum atomic E-state index is -1.03. The summed E-state index contributed by atoms with van der Waals surface area (Å²) in [6, 6.07) is 1.21. The summed E-state index contributed by atoms with van der Waals surface area (Å²) in [6.07, 6.45) is 5.70. The van der Waals surface area contributed by atoms with Gasteiger partial charge in [-0.2, -0.15) is 0 Å². The van der Waals surface area contributed by atoms with Crippen molar-refractivity contribution >= 4 is 29.2 Å². The second-order valence-corrected chi connectivity index (χ2v) is 7.77. The summed E-state index contributed by atoms with van der Waals surface area (Å²) in [4.78, 5) is 37.6. The zero-order chi connectivity index (χ0) is 18.4. The van der Waals surface area contributed by atoms with Crippen LogP contribution in [0.3, 0.4) is 0 Å². The van der Waals surface area contributed by atoms with Crippen molar-refractivity contribution in [1.82, 2.24) is 10.6 Å². The van der Waals surface area contributed by atoms with Crippen molar-refractivity contribution in [3.05, 3.63) is 21.4 Å². The Bertz CT molecular complexity index is 614. The predicted octanol–water partition coefficient (Wildman–Crippen LogP) is 3.19. The molecular formula is C18H26N2O4S. The van der Waals surface area contributed by atoms with Gasteiger partial charge in [0.25, 0.3) is 5.91 Å². The lowest BCUT2D eigenvalue weighted by Gasteiger charge is -2.13. The lowest BCUT2D eigenvalue weighted by atomic mass is 10.00. The van der Waals surface area contributed by atoms with Crippen LogP contribution in [0.1, 0.15) is 66.6 Å². The first kappa shape index (κ1) is 19.4. The molecule has 0 radical (unpaired) electrons. The topological polar surface area (TPSA) is 84.5 Å². The number of fused-ring (bicyclic) bond motifs is 1. The van der Waals surface area contributed by atoms with Crippen LogP contribution in [0.5, 0.6) is 0 Å². The van der Waals surface area contributed by atoms with Crippen LogP contribution in [0.25, 0.3) is 0 Å². The molecule has 2 N–H and O–H groups in total. The molecule has 0 aromatic carbocycles. The molecule has 1 aromatic heterocycles. The van der Waals surface area contributed by atoms with Gasteiger partial charge >= 0.3 is 12.0 Å². The zero-order valence-corrected chi connectivity index (χ0v) is 15.8. The molecule has 1 aliphatic rings. The summed E-state index contributed by atoms with van der Waals surface area (Å²) in [6.45, 7) is 5.03. The molecule has 0 fully saturated rings. The Morgan fingerprint density at radius 2 is 1.76 bits per heavy atom. The molecule has 3 amide bonds. The molecule has 0 unspecified atom stereocenters. The largest absolute Gasteiger partial charge is 0.448 e. The van der Waals surface area contributed by atoms with Gasteiger partial charge in [-0.15, -0.1) is 11.3 Å². The number of ether oxygens (including phenoxy) is 1. The van der Waals surface area contributed by atoms with Gasteiger partial charge in [-0.05, 0) is 58.1 Å². The van der Waals surface area contributed by atoms with Gasteiger partial charge in [-0.3, -0.25) is 10.1 Å². The highest BCUT2D eigenvalue weighted by Crippen LogP contribution is 2.29. The quantitative estimate of drug-likeness (QED) is 0.802. The van der Waals surface area contributed by atoms with Crippen LogP contribution >= 0.6 is 11.3 Å². The van der Waals surface area contributed by atoms with Crippen molar-refractivity contribution in [3.63, 3.8) is 0 Å². The number of esters is 1. The first-order valence-electron chi connectivity index (χ1n) is 8.80. The Morgan fingerprint density at radius 1 is 1.08 bits per heavy atom. The molecule has 6 nitrogen and oxygen atoms in total. The maximum atomic E-state index is 12.3. The van der Waals surface area contributed by atoms with Crippen LogP contribution in [0.15, 0.2) is 6.07 Å². The van der Waals surface area contributed by atoms with E-state index in [0.29, 0.717) is 4.88 Å². The molecule has 2 rings (SSSR count). The molecular weight excluding hydrogens is 340 g/mol. The molecule has 0 bridgehead atoms. The van der Waals surface area contributed by atoms with E-state index in [1.807, 2.05) is 6.07 Å². The second kappa shape index (κ2) is 8.99. The van der Waals surface area contributed by atoms with E-state index in [1.54, 1.807) is 13.8 Å². The molecule has 1 aromatic rings. The van der Waals surface area contributed by atoms with Crippen LogP contribution < -0.4 is 10.6 Å². The number of rotatable bonds is 4. The number of hydrogen-bond donors (Lipinski definition) is 2. The molecule has 1 aliphatic carbocycles. The van der Waals surface area contributed by atoms with Crippen molar-refractivity contribution in [3.8, 4) is 0 Å². The fraction of sp³-hybridized carbons (Fsp3) is 0.611. The second-order valence-electron chi connectivity index (χ2n) is 6.64. The lowest BCUT2D eigenvalue weighted by Crippen LogP contribution is -2.46. The highest BCUT2D eigenvalue weighted by molar-refractivity contribution is 7.14. The van der Waals surface area contributed by atoms with Crippen molar-refractivity contribution < 1.29 is 19.1 Å². The van der Waals surface area contributed by atoms with Gasteiger partial charge in [0.1, 0.15) is 4.88 Å². The van der Waals surface area contributed by atoms with Crippen LogP contribution in [-0.4, -0.2) is 30.1 Å². The predicted molar refractivity (Wildman–Crippen MR) is 96.9 cm³/mol. The molecule has 1 atom stereocenters.